The van der Waals surface area contributed by atoms with Gasteiger partial charge in [-0.25, -0.2) is 4.68 Å². The number of hydrogen-bond acceptors (Lipinski definition) is 3. The third kappa shape index (κ3) is 2.73. The number of para-hydroxylation sites is 1. The van der Waals surface area contributed by atoms with E-state index in [0.29, 0.717) is 18.7 Å². The van der Waals surface area contributed by atoms with E-state index in [1.54, 1.807) is 11.1 Å². The summed E-state index contributed by atoms with van der Waals surface area (Å²) in [5.74, 6) is 0.181. The molecule has 24 heavy (non-hydrogen) atoms. The van der Waals surface area contributed by atoms with Gasteiger partial charge in [0.2, 0.25) is 0 Å². The first kappa shape index (κ1) is 16.7. The normalized spacial score (nSPS) is 16.3. The number of hydrogen-bond donors (Lipinski definition) is 1. The Hall–Kier alpha value is -2.14. The van der Waals surface area contributed by atoms with Gasteiger partial charge < -0.3 is 10.0 Å². The number of benzene rings is 1. The number of carbonyl (C=O) groups excluding carboxylic acids is 1. The van der Waals surface area contributed by atoms with E-state index in [1.807, 2.05) is 42.8 Å². The summed E-state index contributed by atoms with van der Waals surface area (Å²) in [6.45, 7) is 9.50. The Labute approximate surface area is 142 Å². The molecular formula is C19H25N3O2. The number of aromatic nitrogens is 2. The van der Waals surface area contributed by atoms with E-state index >= 15 is 0 Å². The summed E-state index contributed by atoms with van der Waals surface area (Å²) in [5.41, 5.74) is 3.56. The van der Waals surface area contributed by atoms with Crippen LogP contribution >= 0.6 is 0 Å². The zero-order chi connectivity index (χ0) is 17.5. The summed E-state index contributed by atoms with van der Waals surface area (Å²) in [4.78, 5) is 14.7. The summed E-state index contributed by atoms with van der Waals surface area (Å²) in [6.07, 6.45) is 1.68. The van der Waals surface area contributed by atoms with Gasteiger partial charge in [-0.1, -0.05) is 39.0 Å². The molecule has 0 aliphatic carbocycles. The third-order valence-corrected chi connectivity index (χ3v) is 4.74. The number of rotatable bonds is 4. The van der Waals surface area contributed by atoms with Gasteiger partial charge >= 0.3 is 0 Å². The molecule has 2 heterocycles. The summed E-state index contributed by atoms with van der Waals surface area (Å²) in [7, 11) is 0. The number of amides is 1. The second kappa shape index (κ2) is 6.06. The minimum absolute atomic E-state index is 0.00413. The summed E-state index contributed by atoms with van der Waals surface area (Å²) in [5, 5.41) is 13.9. The maximum absolute atomic E-state index is 12.9. The maximum Gasteiger partial charge on any atom is 0.257 e. The van der Waals surface area contributed by atoms with Gasteiger partial charge in [-0.15, -0.1) is 0 Å². The van der Waals surface area contributed by atoms with Crippen LogP contribution in [0.5, 0.6) is 0 Å². The molecular weight excluding hydrogens is 302 g/mol. The van der Waals surface area contributed by atoms with E-state index in [4.69, 9.17) is 0 Å². The van der Waals surface area contributed by atoms with Crippen molar-refractivity contribution in [1.29, 1.82) is 0 Å². The van der Waals surface area contributed by atoms with Crippen molar-refractivity contribution in [3.8, 4) is 5.69 Å². The Morgan fingerprint density at radius 3 is 2.58 bits per heavy atom. The molecule has 0 bridgehead atoms. The smallest absolute Gasteiger partial charge is 0.257 e. The second-order valence-corrected chi connectivity index (χ2v) is 7.43. The van der Waals surface area contributed by atoms with Crippen LogP contribution in [0.1, 0.15) is 48.3 Å². The Balaban J connectivity index is 1.96. The minimum Gasteiger partial charge on any atom is -0.396 e. The monoisotopic (exact) mass is 327 g/mol. The molecule has 0 spiro atoms. The molecule has 5 heteroatoms. The summed E-state index contributed by atoms with van der Waals surface area (Å²) in [6, 6.07) is 8.05. The summed E-state index contributed by atoms with van der Waals surface area (Å²) >= 11 is 0. The molecule has 1 saturated heterocycles. The predicted molar refractivity (Wildman–Crippen MR) is 93.5 cm³/mol. The van der Waals surface area contributed by atoms with Gasteiger partial charge in [0, 0.05) is 18.5 Å². The van der Waals surface area contributed by atoms with Crippen LogP contribution in [0.4, 0.5) is 0 Å². The van der Waals surface area contributed by atoms with E-state index in [9.17, 15) is 9.90 Å². The Morgan fingerprint density at radius 1 is 1.33 bits per heavy atom. The lowest BCUT2D eigenvalue weighted by atomic mass is 9.82. The molecule has 5 nitrogen and oxygen atoms in total. The van der Waals surface area contributed by atoms with E-state index in [0.717, 1.165) is 16.9 Å². The van der Waals surface area contributed by atoms with Crippen molar-refractivity contribution < 1.29 is 9.90 Å². The first-order valence-electron chi connectivity index (χ1n) is 8.40. The first-order chi connectivity index (χ1) is 11.4. The van der Waals surface area contributed by atoms with Crippen LogP contribution in [0, 0.1) is 12.3 Å². The molecule has 1 aromatic carbocycles. The molecule has 0 unspecified atom stereocenters. The van der Waals surface area contributed by atoms with Gasteiger partial charge in [-0.3, -0.25) is 4.79 Å². The predicted octanol–water partition coefficient (Wildman–Crippen LogP) is 2.76. The molecule has 1 fully saturated rings. The minimum atomic E-state index is -0.167. The highest BCUT2D eigenvalue weighted by molar-refractivity contribution is 5.96. The van der Waals surface area contributed by atoms with Gasteiger partial charge in [0.05, 0.1) is 29.7 Å². The fourth-order valence-corrected chi connectivity index (χ4v) is 3.36. The molecule has 1 amide bonds. The van der Waals surface area contributed by atoms with E-state index in [1.165, 1.54) is 0 Å². The van der Waals surface area contributed by atoms with Gasteiger partial charge in [-0.2, -0.15) is 5.10 Å². The van der Waals surface area contributed by atoms with Crippen LogP contribution in [0.3, 0.4) is 0 Å². The maximum atomic E-state index is 12.9. The Bertz CT molecular complexity index is 758. The quantitative estimate of drug-likeness (QED) is 0.939. The summed E-state index contributed by atoms with van der Waals surface area (Å²) < 4.78 is 1.89. The zero-order valence-electron chi connectivity index (χ0n) is 14.8. The molecule has 0 atom stereocenters. The van der Waals surface area contributed by atoms with Gasteiger partial charge in [0.1, 0.15) is 0 Å². The third-order valence-electron chi connectivity index (χ3n) is 4.74. The highest BCUT2D eigenvalue weighted by Gasteiger charge is 2.42. The average molecular weight is 327 g/mol. The van der Waals surface area contributed by atoms with Crippen molar-refractivity contribution in [3.63, 3.8) is 0 Å². The molecule has 2 aromatic rings. The van der Waals surface area contributed by atoms with E-state index in [2.05, 4.69) is 18.9 Å². The van der Waals surface area contributed by atoms with Crippen molar-refractivity contribution in [3.05, 3.63) is 47.3 Å². The number of carbonyl (C=O) groups is 1. The SMILES string of the molecule is Cc1ccccc1-n1ncc(C(=O)N2CC(C)(CO)C2)c1C(C)C. The highest BCUT2D eigenvalue weighted by atomic mass is 16.3. The Morgan fingerprint density at radius 2 is 2.00 bits per heavy atom. The fourth-order valence-electron chi connectivity index (χ4n) is 3.36. The molecule has 0 saturated carbocycles. The molecule has 0 radical (unpaired) electrons. The van der Waals surface area contributed by atoms with Crippen LogP contribution in [0.15, 0.2) is 30.5 Å². The van der Waals surface area contributed by atoms with Crippen LogP contribution in [0.25, 0.3) is 5.69 Å². The first-order valence-corrected chi connectivity index (χ1v) is 8.40. The molecule has 128 valence electrons. The zero-order valence-corrected chi connectivity index (χ0v) is 14.8. The Kier molecular flexibility index (Phi) is 4.22. The van der Waals surface area contributed by atoms with Crippen LogP contribution in [-0.2, 0) is 0 Å². The fraction of sp³-hybridized carbons (Fsp3) is 0.474. The number of nitrogens with zero attached hydrogens (tertiary/aromatic N) is 3. The van der Waals surface area contributed by atoms with E-state index in [-0.39, 0.29) is 23.8 Å². The standard InChI is InChI=1S/C19H25N3O2/c1-13(2)17-15(18(24)21-10-19(4,11-21)12-23)9-20-22(17)16-8-6-5-7-14(16)3/h5-9,13,23H,10-12H2,1-4H3. The van der Waals surface area contributed by atoms with Crippen LogP contribution < -0.4 is 0 Å². The molecule has 1 aliphatic heterocycles. The largest absolute Gasteiger partial charge is 0.396 e. The lowest BCUT2D eigenvalue weighted by molar-refractivity contribution is -0.0153. The number of aryl methyl sites for hydroxylation is 1. The van der Waals surface area contributed by atoms with Crippen molar-refractivity contribution >= 4 is 5.91 Å². The van der Waals surface area contributed by atoms with Crippen LogP contribution in [0.2, 0.25) is 0 Å². The van der Waals surface area contributed by atoms with Crippen molar-refractivity contribution in [2.45, 2.75) is 33.6 Å². The van der Waals surface area contributed by atoms with Crippen LogP contribution in [-0.4, -0.2) is 45.4 Å². The molecule has 1 N–H and O–H groups in total. The molecule has 1 aromatic heterocycles. The topological polar surface area (TPSA) is 58.4 Å². The lowest BCUT2D eigenvalue weighted by Crippen LogP contribution is -2.58. The van der Waals surface area contributed by atoms with Gasteiger partial charge in [0.15, 0.2) is 0 Å². The van der Waals surface area contributed by atoms with Crippen molar-refractivity contribution in [2.24, 2.45) is 5.41 Å². The molecule has 3 rings (SSSR count). The molecule has 1 aliphatic rings. The van der Waals surface area contributed by atoms with Gasteiger partial charge in [-0.05, 0) is 24.5 Å². The lowest BCUT2D eigenvalue weighted by Gasteiger charge is -2.47. The second-order valence-electron chi connectivity index (χ2n) is 7.43. The number of likely N-dealkylation sites (tertiary alicyclic amines) is 1. The number of aliphatic hydroxyl groups is 1. The average Bonchev–Trinajstić information content (AvgIpc) is 2.96. The number of aliphatic hydroxyl groups excluding tert-OH is 1. The van der Waals surface area contributed by atoms with Crippen molar-refractivity contribution in [1.82, 2.24) is 14.7 Å². The van der Waals surface area contributed by atoms with Gasteiger partial charge in [0.25, 0.3) is 5.91 Å². The highest BCUT2D eigenvalue weighted by Crippen LogP contribution is 2.32. The van der Waals surface area contributed by atoms with Crippen molar-refractivity contribution in [2.75, 3.05) is 19.7 Å². The van der Waals surface area contributed by atoms with E-state index < -0.39 is 0 Å².